The number of ether oxygens (including phenoxy) is 4. The predicted molar refractivity (Wildman–Crippen MR) is 171 cm³/mol. The van der Waals surface area contributed by atoms with Crippen LogP contribution in [0.1, 0.15) is 34.2 Å². The summed E-state index contributed by atoms with van der Waals surface area (Å²) in [5, 5.41) is 2.22. The van der Waals surface area contributed by atoms with Crippen molar-refractivity contribution in [2.75, 3.05) is 21.0 Å². The third kappa shape index (κ3) is 5.28. The highest BCUT2D eigenvalue weighted by Gasteiger charge is 2.25. The summed E-state index contributed by atoms with van der Waals surface area (Å²) in [5.41, 5.74) is 8.57. The summed E-state index contributed by atoms with van der Waals surface area (Å²) < 4.78 is 22.7. The second-order valence-electron chi connectivity index (χ2n) is 10.4. The quantitative estimate of drug-likeness (QED) is 0.205. The van der Waals surface area contributed by atoms with Gasteiger partial charge in [0.15, 0.2) is 0 Å². The van der Waals surface area contributed by atoms with Gasteiger partial charge in [0, 0.05) is 33.4 Å². The Hall–Kier alpha value is -5.58. The van der Waals surface area contributed by atoms with Crippen LogP contribution >= 0.6 is 0 Å². The Bertz CT molecular complexity index is 2010. The number of hydrogen-bond acceptors (Lipinski definition) is 4. The summed E-state index contributed by atoms with van der Waals surface area (Å²) in [7, 11) is 3.33. The molecule has 7 rings (SSSR count). The number of methoxy groups -OCH3 is 2. The van der Waals surface area contributed by atoms with Gasteiger partial charge in [0.25, 0.3) is 0 Å². The third-order valence-corrected chi connectivity index (χ3v) is 7.84. The van der Waals surface area contributed by atoms with Crippen molar-refractivity contribution in [3.05, 3.63) is 124 Å². The molecule has 43 heavy (non-hydrogen) atoms. The molecule has 1 aliphatic heterocycles. The summed E-state index contributed by atoms with van der Waals surface area (Å²) in [6, 6.07) is 30.3. The minimum absolute atomic E-state index is 0.171. The molecule has 0 spiro atoms. The first-order valence-electron chi connectivity index (χ1n) is 14.2. The van der Waals surface area contributed by atoms with Crippen molar-refractivity contribution < 1.29 is 18.9 Å². The molecule has 4 nitrogen and oxygen atoms in total. The molecule has 1 aliphatic carbocycles. The molecule has 5 aromatic rings. The van der Waals surface area contributed by atoms with E-state index in [1.165, 1.54) is 11.1 Å². The van der Waals surface area contributed by atoms with E-state index < -0.39 is 0 Å². The highest BCUT2D eigenvalue weighted by atomic mass is 16.7. The number of benzene rings is 5. The number of hydrogen-bond donors (Lipinski definition) is 0. The lowest BCUT2D eigenvalue weighted by molar-refractivity contribution is 0.125. The lowest BCUT2D eigenvalue weighted by Crippen LogP contribution is -2.05. The fourth-order valence-electron chi connectivity index (χ4n) is 5.63. The molecule has 0 atom stereocenters. The highest BCUT2D eigenvalue weighted by molar-refractivity contribution is 6.03. The van der Waals surface area contributed by atoms with Crippen LogP contribution in [0.3, 0.4) is 0 Å². The smallest absolute Gasteiger partial charge is 0.230 e. The predicted octanol–water partition coefficient (Wildman–Crippen LogP) is 8.03. The molecule has 208 valence electrons. The van der Waals surface area contributed by atoms with Crippen LogP contribution in [0.25, 0.3) is 28.0 Å². The molecule has 0 aromatic heterocycles. The zero-order chi connectivity index (χ0) is 29.2. The van der Waals surface area contributed by atoms with Gasteiger partial charge in [0.1, 0.15) is 23.0 Å². The molecule has 1 heterocycles. The summed E-state index contributed by atoms with van der Waals surface area (Å²) in [5.74, 6) is 16.6. The average molecular weight is 561 g/mol. The Morgan fingerprint density at radius 1 is 0.581 bits per heavy atom. The van der Waals surface area contributed by atoms with Gasteiger partial charge in [-0.1, -0.05) is 41.9 Å². The Balaban J connectivity index is 1.26. The van der Waals surface area contributed by atoms with Crippen LogP contribution in [0, 0.1) is 23.7 Å². The summed E-state index contributed by atoms with van der Waals surface area (Å²) in [6.45, 7) is 0.171. The van der Waals surface area contributed by atoms with Gasteiger partial charge in [0.05, 0.1) is 14.2 Å². The van der Waals surface area contributed by atoms with Crippen molar-refractivity contribution >= 4 is 16.8 Å². The zero-order valence-corrected chi connectivity index (χ0v) is 24.0. The van der Waals surface area contributed by atoms with E-state index in [0.29, 0.717) is 0 Å². The van der Waals surface area contributed by atoms with E-state index in [1.807, 2.05) is 54.6 Å². The molecular weight excluding hydrogens is 532 g/mol. The van der Waals surface area contributed by atoms with Gasteiger partial charge in [-0.15, -0.1) is 0 Å². The Labute approximate surface area is 251 Å². The first-order valence-corrected chi connectivity index (χ1v) is 14.2. The van der Waals surface area contributed by atoms with Crippen molar-refractivity contribution in [1.29, 1.82) is 0 Å². The SMILES string of the molecule is COc1ccc(C#CC2=Cc3ccc4c(c3CC2)-c2c(ccc3cc(C#Cc5ccc(OC)cc5)ccc23)OCO4)cc1. The molecule has 2 aliphatic rings. The van der Waals surface area contributed by atoms with Crippen LogP contribution in [0.4, 0.5) is 0 Å². The van der Waals surface area contributed by atoms with Crippen LogP contribution in [0.2, 0.25) is 0 Å². The normalized spacial score (nSPS) is 12.7. The lowest BCUT2D eigenvalue weighted by atomic mass is 9.84. The number of fused-ring (bicyclic) bond motifs is 7. The summed E-state index contributed by atoms with van der Waals surface area (Å²) >= 11 is 0. The van der Waals surface area contributed by atoms with E-state index in [0.717, 1.165) is 80.0 Å². The molecule has 4 heteroatoms. The van der Waals surface area contributed by atoms with Crippen LogP contribution in [0.15, 0.2) is 96.6 Å². The third-order valence-electron chi connectivity index (χ3n) is 7.84. The maximum absolute atomic E-state index is 6.11. The number of rotatable bonds is 2. The molecular formula is C39H28O4. The molecule has 0 unspecified atom stereocenters. The Morgan fingerprint density at radius 2 is 1.19 bits per heavy atom. The molecule has 0 amide bonds. The fourth-order valence-corrected chi connectivity index (χ4v) is 5.63. The van der Waals surface area contributed by atoms with Gasteiger partial charge in [-0.25, -0.2) is 0 Å². The van der Waals surface area contributed by atoms with E-state index >= 15 is 0 Å². The average Bonchev–Trinajstić information content (AvgIpc) is 3.26. The van der Waals surface area contributed by atoms with Crippen molar-refractivity contribution in [1.82, 2.24) is 0 Å². The Morgan fingerprint density at radius 3 is 1.88 bits per heavy atom. The standard InChI is InChI=1S/C39H28O4/c1-40-32-15-7-26(8-16-32)3-5-28-11-19-34-30(23-28)13-21-36-38(34)39-35-20-12-29(6-4-27-9-17-33(41-2)18-10-27)24-31(35)14-22-37(39)43-25-42-36/h7-11,13-19,21-24H,12,20,25H2,1-2H3. The van der Waals surface area contributed by atoms with Gasteiger partial charge >= 0.3 is 0 Å². The van der Waals surface area contributed by atoms with Gasteiger partial charge in [0.2, 0.25) is 6.79 Å². The molecule has 5 aromatic carbocycles. The van der Waals surface area contributed by atoms with Gasteiger partial charge in [-0.3, -0.25) is 0 Å². The minimum atomic E-state index is 0.171. The van der Waals surface area contributed by atoms with Crippen molar-refractivity contribution in [2.24, 2.45) is 0 Å². The van der Waals surface area contributed by atoms with Gasteiger partial charge in [-0.2, -0.15) is 0 Å². The van der Waals surface area contributed by atoms with E-state index in [9.17, 15) is 0 Å². The second kappa shape index (κ2) is 11.4. The first kappa shape index (κ1) is 26.3. The Kier molecular flexibility index (Phi) is 6.96. The molecule has 0 fully saturated rings. The topological polar surface area (TPSA) is 36.9 Å². The molecule has 0 saturated carbocycles. The van der Waals surface area contributed by atoms with Crippen LogP contribution < -0.4 is 18.9 Å². The lowest BCUT2D eigenvalue weighted by Gasteiger charge is -2.20. The van der Waals surface area contributed by atoms with E-state index in [-0.39, 0.29) is 6.79 Å². The first-order chi connectivity index (χ1) is 21.2. The minimum Gasteiger partial charge on any atom is -0.497 e. The summed E-state index contributed by atoms with van der Waals surface area (Å²) in [6.07, 6.45) is 3.93. The van der Waals surface area contributed by atoms with Crippen molar-refractivity contribution in [2.45, 2.75) is 12.8 Å². The number of allylic oxidation sites excluding steroid dienone is 1. The highest BCUT2D eigenvalue weighted by Crippen LogP contribution is 2.47. The molecule has 0 bridgehead atoms. The zero-order valence-electron chi connectivity index (χ0n) is 24.0. The second-order valence-corrected chi connectivity index (χ2v) is 10.4. The molecule has 0 radical (unpaired) electrons. The maximum Gasteiger partial charge on any atom is 0.230 e. The monoisotopic (exact) mass is 560 g/mol. The fraction of sp³-hybridized carbons (Fsp3) is 0.128. The van der Waals surface area contributed by atoms with E-state index in [2.05, 4.69) is 66.2 Å². The molecule has 0 N–H and O–H groups in total. The van der Waals surface area contributed by atoms with Crippen LogP contribution in [0.5, 0.6) is 23.0 Å². The van der Waals surface area contributed by atoms with Crippen LogP contribution in [-0.2, 0) is 6.42 Å². The molecule has 0 saturated heterocycles. The largest absolute Gasteiger partial charge is 0.497 e. The maximum atomic E-state index is 6.11. The van der Waals surface area contributed by atoms with Crippen LogP contribution in [-0.4, -0.2) is 21.0 Å². The van der Waals surface area contributed by atoms with Crippen molar-refractivity contribution in [3.8, 4) is 57.8 Å². The van der Waals surface area contributed by atoms with Gasteiger partial charge in [-0.05, 0) is 114 Å². The summed E-state index contributed by atoms with van der Waals surface area (Å²) in [4.78, 5) is 0. The van der Waals surface area contributed by atoms with E-state index in [1.54, 1.807) is 14.2 Å². The van der Waals surface area contributed by atoms with E-state index in [4.69, 9.17) is 18.9 Å². The van der Waals surface area contributed by atoms with Crippen molar-refractivity contribution in [3.63, 3.8) is 0 Å². The van der Waals surface area contributed by atoms with Gasteiger partial charge < -0.3 is 18.9 Å².